The normalized spacial score (nSPS) is 33.3. The van der Waals surface area contributed by atoms with E-state index < -0.39 is 5.60 Å². The summed E-state index contributed by atoms with van der Waals surface area (Å²) in [7, 11) is 0. The van der Waals surface area contributed by atoms with Gasteiger partial charge >= 0.3 is 0 Å². The smallest absolute Gasteiger partial charge is 0.142 e. The third-order valence-corrected chi connectivity index (χ3v) is 2.48. The molecule has 2 atom stereocenters. The minimum absolute atomic E-state index is 0.0676. The van der Waals surface area contributed by atoms with Gasteiger partial charge in [0.1, 0.15) is 5.60 Å². The molecule has 1 aliphatic rings. The Morgan fingerprint density at radius 1 is 1.42 bits per heavy atom. The fourth-order valence-electron chi connectivity index (χ4n) is 1.56. The molecule has 2 rings (SSSR count). The Morgan fingerprint density at radius 3 is 2.42 bits per heavy atom. The summed E-state index contributed by atoms with van der Waals surface area (Å²) in [6, 6.07) is 9.85. The molecule has 1 aromatic carbocycles. The van der Waals surface area contributed by atoms with Gasteiger partial charge in [-0.3, -0.25) is 0 Å². The molecule has 1 aliphatic heterocycles. The van der Waals surface area contributed by atoms with Gasteiger partial charge in [0, 0.05) is 0 Å². The SMILES string of the molecule is CC1O[C@@]1(CO)c1ccccc1. The lowest BCUT2D eigenvalue weighted by Gasteiger charge is -2.08. The van der Waals surface area contributed by atoms with Crippen molar-refractivity contribution >= 4 is 0 Å². The van der Waals surface area contributed by atoms with Gasteiger partial charge in [-0.15, -0.1) is 0 Å². The first-order chi connectivity index (χ1) is 5.79. The second kappa shape index (κ2) is 2.57. The molecule has 0 radical (unpaired) electrons. The minimum Gasteiger partial charge on any atom is -0.393 e. The van der Waals surface area contributed by atoms with Gasteiger partial charge < -0.3 is 9.84 Å². The molecule has 2 nitrogen and oxygen atoms in total. The first kappa shape index (κ1) is 7.77. The van der Waals surface area contributed by atoms with E-state index >= 15 is 0 Å². The van der Waals surface area contributed by atoms with Crippen LogP contribution < -0.4 is 0 Å². The van der Waals surface area contributed by atoms with Gasteiger partial charge in [0.25, 0.3) is 0 Å². The Hall–Kier alpha value is -0.860. The summed E-state index contributed by atoms with van der Waals surface area (Å²) in [5, 5.41) is 9.16. The molecule has 1 heterocycles. The molecule has 0 bridgehead atoms. The van der Waals surface area contributed by atoms with Crippen molar-refractivity contribution in [3.05, 3.63) is 35.9 Å². The standard InChI is InChI=1S/C10H12O2/c1-8-10(7-11,12-8)9-5-3-2-4-6-9/h2-6,8,11H,7H2,1H3/t8?,10-/m1/s1. The van der Waals surface area contributed by atoms with Crippen molar-refractivity contribution in [2.75, 3.05) is 6.61 Å². The van der Waals surface area contributed by atoms with Gasteiger partial charge in [0.15, 0.2) is 0 Å². The number of hydrogen-bond donors (Lipinski definition) is 1. The maximum absolute atomic E-state index is 9.16. The van der Waals surface area contributed by atoms with Crippen LogP contribution in [0.4, 0.5) is 0 Å². The topological polar surface area (TPSA) is 32.8 Å². The Morgan fingerprint density at radius 2 is 2.00 bits per heavy atom. The summed E-state index contributed by atoms with van der Waals surface area (Å²) in [5.74, 6) is 0. The van der Waals surface area contributed by atoms with Crippen LogP contribution >= 0.6 is 0 Å². The molecule has 1 N–H and O–H groups in total. The zero-order valence-corrected chi connectivity index (χ0v) is 7.03. The van der Waals surface area contributed by atoms with Crippen LogP contribution in [0.25, 0.3) is 0 Å². The van der Waals surface area contributed by atoms with Crippen molar-refractivity contribution in [2.45, 2.75) is 18.6 Å². The monoisotopic (exact) mass is 164 g/mol. The lowest BCUT2D eigenvalue weighted by atomic mass is 9.97. The zero-order valence-electron chi connectivity index (χ0n) is 7.03. The van der Waals surface area contributed by atoms with E-state index in [4.69, 9.17) is 9.84 Å². The van der Waals surface area contributed by atoms with E-state index in [9.17, 15) is 0 Å². The fourth-order valence-corrected chi connectivity index (χ4v) is 1.56. The van der Waals surface area contributed by atoms with Crippen molar-refractivity contribution in [1.29, 1.82) is 0 Å². The number of aliphatic hydroxyl groups is 1. The average molecular weight is 164 g/mol. The summed E-state index contributed by atoms with van der Waals surface area (Å²) >= 11 is 0. The molecular weight excluding hydrogens is 152 g/mol. The molecule has 0 amide bonds. The molecule has 1 unspecified atom stereocenters. The highest BCUT2D eigenvalue weighted by Gasteiger charge is 2.54. The van der Waals surface area contributed by atoms with Crippen molar-refractivity contribution < 1.29 is 9.84 Å². The van der Waals surface area contributed by atoms with Crippen LogP contribution in [0.2, 0.25) is 0 Å². The highest BCUT2D eigenvalue weighted by Crippen LogP contribution is 2.45. The minimum atomic E-state index is -0.402. The van der Waals surface area contributed by atoms with Crippen molar-refractivity contribution in [2.24, 2.45) is 0 Å². The van der Waals surface area contributed by atoms with Crippen molar-refractivity contribution in [3.63, 3.8) is 0 Å². The van der Waals surface area contributed by atoms with E-state index in [0.717, 1.165) is 5.56 Å². The third kappa shape index (κ3) is 0.958. The molecule has 1 saturated heterocycles. The summed E-state index contributed by atoms with van der Waals surface area (Å²) in [4.78, 5) is 0. The van der Waals surface area contributed by atoms with E-state index in [0.29, 0.717) is 0 Å². The fraction of sp³-hybridized carbons (Fsp3) is 0.400. The van der Waals surface area contributed by atoms with Crippen LogP contribution in [0.3, 0.4) is 0 Å². The molecule has 64 valence electrons. The highest BCUT2D eigenvalue weighted by atomic mass is 16.6. The van der Waals surface area contributed by atoms with E-state index in [1.165, 1.54) is 0 Å². The molecule has 0 saturated carbocycles. The number of aliphatic hydroxyl groups excluding tert-OH is 1. The van der Waals surface area contributed by atoms with Gasteiger partial charge in [-0.25, -0.2) is 0 Å². The third-order valence-electron chi connectivity index (χ3n) is 2.48. The molecular formula is C10H12O2. The molecule has 1 fully saturated rings. The van der Waals surface area contributed by atoms with Gasteiger partial charge in [-0.2, -0.15) is 0 Å². The number of epoxide rings is 1. The maximum Gasteiger partial charge on any atom is 0.142 e. The maximum atomic E-state index is 9.16. The Labute approximate surface area is 71.8 Å². The van der Waals surface area contributed by atoms with E-state index in [-0.39, 0.29) is 12.7 Å². The first-order valence-electron chi connectivity index (χ1n) is 4.14. The molecule has 2 heteroatoms. The highest BCUT2D eigenvalue weighted by molar-refractivity contribution is 5.28. The van der Waals surface area contributed by atoms with Crippen LogP contribution in [0.1, 0.15) is 12.5 Å². The van der Waals surface area contributed by atoms with Crippen LogP contribution in [0, 0.1) is 0 Å². The largest absolute Gasteiger partial charge is 0.393 e. The average Bonchev–Trinajstić information content (AvgIpc) is 2.80. The summed E-state index contributed by atoms with van der Waals surface area (Å²) < 4.78 is 5.39. The second-order valence-electron chi connectivity index (χ2n) is 3.17. The van der Waals surface area contributed by atoms with Gasteiger partial charge in [0.05, 0.1) is 12.7 Å². The van der Waals surface area contributed by atoms with Gasteiger partial charge in [-0.1, -0.05) is 30.3 Å². The lowest BCUT2D eigenvalue weighted by Crippen LogP contribution is -2.16. The summed E-state index contributed by atoms with van der Waals surface area (Å²) in [6.45, 7) is 2.04. The molecule has 0 aromatic heterocycles. The Balaban J connectivity index is 2.31. The Kier molecular flexibility index (Phi) is 1.67. The van der Waals surface area contributed by atoms with Crippen LogP contribution in [0.5, 0.6) is 0 Å². The van der Waals surface area contributed by atoms with E-state index in [1.807, 2.05) is 37.3 Å². The lowest BCUT2D eigenvalue weighted by molar-refractivity contribution is 0.172. The summed E-state index contributed by atoms with van der Waals surface area (Å²) in [6.07, 6.45) is 0.143. The van der Waals surface area contributed by atoms with Crippen LogP contribution in [-0.4, -0.2) is 17.8 Å². The molecule has 0 aliphatic carbocycles. The predicted molar refractivity (Wildman–Crippen MR) is 45.8 cm³/mol. The number of hydrogen-bond acceptors (Lipinski definition) is 2. The molecule has 1 aromatic rings. The number of ether oxygens (including phenoxy) is 1. The predicted octanol–water partition coefficient (Wildman–Crippen LogP) is 1.29. The van der Waals surface area contributed by atoms with Crippen LogP contribution in [-0.2, 0) is 10.3 Å². The number of benzene rings is 1. The molecule has 0 spiro atoms. The van der Waals surface area contributed by atoms with Gasteiger partial charge in [0.2, 0.25) is 0 Å². The van der Waals surface area contributed by atoms with E-state index in [1.54, 1.807) is 0 Å². The first-order valence-corrected chi connectivity index (χ1v) is 4.14. The Bertz CT molecular complexity index is 266. The zero-order chi connectivity index (χ0) is 8.60. The number of rotatable bonds is 2. The van der Waals surface area contributed by atoms with Crippen molar-refractivity contribution in [3.8, 4) is 0 Å². The van der Waals surface area contributed by atoms with Gasteiger partial charge in [-0.05, 0) is 12.5 Å². The summed E-state index contributed by atoms with van der Waals surface area (Å²) in [5.41, 5.74) is 0.668. The molecule has 12 heavy (non-hydrogen) atoms. The quantitative estimate of drug-likeness (QED) is 0.668. The van der Waals surface area contributed by atoms with Crippen molar-refractivity contribution in [1.82, 2.24) is 0 Å². The second-order valence-corrected chi connectivity index (χ2v) is 3.17. The van der Waals surface area contributed by atoms with E-state index in [2.05, 4.69) is 0 Å². The van der Waals surface area contributed by atoms with Crippen LogP contribution in [0.15, 0.2) is 30.3 Å².